The lowest BCUT2D eigenvalue weighted by Gasteiger charge is -2.26. The number of nitrogen functional groups attached to an aromatic ring is 1. The van der Waals surface area contributed by atoms with Gasteiger partial charge in [-0.3, -0.25) is 0 Å². The number of hydrogen-bond donors (Lipinski definition) is 1. The normalized spacial score (nSPS) is 12.1. The summed E-state index contributed by atoms with van der Waals surface area (Å²) in [4.78, 5) is 0.195. The van der Waals surface area contributed by atoms with Crippen LogP contribution >= 0.6 is 0 Å². The Balaban J connectivity index is 3.40. The molecule has 0 aromatic heterocycles. The molecule has 0 aliphatic rings. The van der Waals surface area contributed by atoms with Gasteiger partial charge in [0.2, 0.25) is 10.0 Å². The van der Waals surface area contributed by atoms with E-state index in [0.29, 0.717) is 5.56 Å². The molecule has 1 rings (SSSR count). The Morgan fingerprint density at radius 1 is 1.44 bits per heavy atom. The van der Waals surface area contributed by atoms with Gasteiger partial charge in [-0.25, -0.2) is 8.42 Å². The lowest BCUT2D eigenvalue weighted by atomic mass is 10.2. The van der Waals surface area contributed by atoms with Crippen LogP contribution in [-0.4, -0.2) is 25.3 Å². The molecule has 0 bridgehead atoms. The van der Waals surface area contributed by atoms with Crippen LogP contribution in [0.15, 0.2) is 35.7 Å². The fourth-order valence-electron chi connectivity index (χ4n) is 1.86. The van der Waals surface area contributed by atoms with Gasteiger partial charge in [0.25, 0.3) is 0 Å². The summed E-state index contributed by atoms with van der Waals surface area (Å²) in [5.74, 6) is 0. The topological polar surface area (TPSA) is 63.4 Å². The van der Waals surface area contributed by atoms with E-state index in [1.54, 1.807) is 31.2 Å². The van der Waals surface area contributed by atoms with Crippen LogP contribution in [0.1, 0.15) is 19.4 Å². The van der Waals surface area contributed by atoms with Crippen molar-refractivity contribution < 1.29 is 8.42 Å². The maximum Gasteiger partial charge on any atom is 0.245 e. The van der Waals surface area contributed by atoms with Crippen molar-refractivity contribution in [3.8, 4) is 0 Å². The fraction of sp³-hybridized carbons (Fsp3) is 0.385. The first-order chi connectivity index (χ1) is 8.32. The molecule has 1 aromatic carbocycles. The SMILES string of the molecule is C=CCN(C(C)C)S(=O)(=O)c1c(C)cccc1N. The van der Waals surface area contributed by atoms with Gasteiger partial charge in [-0.05, 0) is 32.4 Å². The first kappa shape index (κ1) is 14.7. The molecular formula is C13H20N2O2S. The predicted octanol–water partition coefficient (Wildman–Crippen LogP) is 2.16. The second kappa shape index (κ2) is 5.54. The Kier molecular flexibility index (Phi) is 4.53. The van der Waals surface area contributed by atoms with E-state index in [9.17, 15) is 8.42 Å². The van der Waals surface area contributed by atoms with E-state index in [1.165, 1.54) is 4.31 Å². The van der Waals surface area contributed by atoms with Gasteiger partial charge in [0.05, 0.1) is 5.69 Å². The molecule has 5 heteroatoms. The van der Waals surface area contributed by atoms with E-state index < -0.39 is 10.0 Å². The molecule has 0 atom stereocenters. The van der Waals surface area contributed by atoms with Gasteiger partial charge in [-0.1, -0.05) is 18.2 Å². The van der Waals surface area contributed by atoms with E-state index in [1.807, 2.05) is 13.8 Å². The van der Waals surface area contributed by atoms with Crippen LogP contribution in [0.4, 0.5) is 5.69 Å². The second-order valence-electron chi connectivity index (χ2n) is 4.45. The Morgan fingerprint density at radius 2 is 2.06 bits per heavy atom. The summed E-state index contributed by atoms with van der Waals surface area (Å²) in [6, 6.07) is 4.95. The zero-order valence-corrected chi connectivity index (χ0v) is 11.9. The third kappa shape index (κ3) is 2.73. The maximum absolute atomic E-state index is 12.6. The highest BCUT2D eigenvalue weighted by molar-refractivity contribution is 7.89. The lowest BCUT2D eigenvalue weighted by molar-refractivity contribution is 0.383. The Hall–Kier alpha value is -1.33. The van der Waals surface area contributed by atoms with Crippen molar-refractivity contribution in [3.63, 3.8) is 0 Å². The minimum Gasteiger partial charge on any atom is -0.398 e. The number of aryl methyl sites for hydroxylation is 1. The summed E-state index contributed by atoms with van der Waals surface area (Å²) in [5.41, 5.74) is 6.75. The molecule has 18 heavy (non-hydrogen) atoms. The fourth-order valence-corrected chi connectivity index (χ4v) is 3.79. The molecule has 0 saturated carbocycles. The molecule has 4 nitrogen and oxygen atoms in total. The number of sulfonamides is 1. The smallest absolute Gasteiger partial charge is 0.245 e. The Bertz CT molecular complexity index is 516. The molecule has 0 heterocycles. The van der Waals surface area contributed by atoms with Crippen molar-refractivity contribution in [2.75, 3.05) is 12.3 Å². The molecule has 100 valence electrons. The number of nitrogens with zero attached hydrogens (tertiary/aromatic N) is 1. The van der Waals surface area contributed by atoms with Crippen molar-refractivity contribution in [1.82, 2.24) is 4.31 Å². The quantitative estimate of drug-likeness (QED) is 0.657. The van der Waals surface area contributed by atoms with Crippen LogP contribution in [0.5, 0.6) is 0 Å². The van der Waals surface area contributed by atoms with Crippen molar-refractivity contribution in [2.24, 2.45) is 0 Å². The molecule has 0 amide bonds. The highest BCUT2D eigenvalue weighted by Crippen LogP contribution is 2.26. The van der Waals surface area contributed by atoms with E-state index in [2.05, 4.69) is 6.58 Å². The summed E-state index contributed by atoms with van der Waals surface area (Å²) in [7, 11) is -3.59. The highest BCUT2D eigenvalue weighted by atomic mass is 32.2. The minimum absolute atomic E-state index is 0.146. The first-order valence-electron chi connectivity index (χ1n) is 5.80. The molecule has 0 spiro atoms. The predicted molar refractivity (Wildman–Crippen MR) is 74.8 cm³/mol. The summed E-state index contributed by atoms with van der Waals surface area (Å²) in [6.07, 6.45) is 1.58. The third-order valence-electron chi connectivity index (χ3n) is 2.69. The third-order valence-corrected chi connectivity index (χ3v) is 4.96. The Morgan fingerprint density at radius 3 is 2.50 bits per heavy atom. The zero-order chi connectivity index (χ0) is 13.9. The number of hydrogen-bond acceptors (Lipinski definition) is 3. The number of benzene rings is 1. The van der Waals surface area contributed by atoms with Crippen LogP contribution in [0.2, 0.25) is 0 Å². The molecule has 2 N–H and O–H groups in total. The molecule has 1 aromatic rings. The molecule has 0 radical (unpaired) electrons. The second-order valence-corrected chi connectivity index (χ2v) is 6.28. The van der Waals surface area contributed by atoms with Crippen LogP contribution in [0.3, 0.4) is 0 Å². The van der Waals surface area contributed by atoms with Crippen molar-refractivity contribution in [3.05, 3.63) is 36.4 Å². The zero-order valence-electron chi connectivity index (χ0n) is 11.1. The van der Waals surface area contributed by atoms with Crippen molar-refractivity contribution >= 4 is 15.7 Å². The summed E-state index contributed by atoms with van der Waals surface area (Å²) < 4.78 is 26.6. The maximum atomic E-state index is 12.6. The largest absolute Gasteiger partial charge is 0.398 e. The van der Waals surface area contributed by atoms with Crippen molar-refractivity contribution in [1.29, 1.82) is 0 Å². The summed E-state index contributed by atoms with van der Waals surface area (Å²) >= 11 is 0. The summed E-state index contributed by atoms with van der Waals surface area (Å²) in [6.45, 7) is 9.27. The molecular weight excluding hydrogens is 248 g/mol. The molecule has 0 aliphatic heterocycles. The van der Waals surface area contributed by atoms with Crippen LogP contribution in [0.25, 0.3) is 0 Å². The van der Waals surface area contributed by atoms with Gasteiger partial charge in [0, 0.05) is 12.6 Å². The average molecular weight is 268 g/mol. The monoisotopic (exact) mass is 268 g/mol. The summed E-state index contributed by atoms with van der Waals surface area (Å²) in [5, 5.41) is 0. The first-order valence-corrected chi connectivity index (χ1v) is 7.24. The van der Waals surface area contributed by atoms with Gasteiger partial charge in [0.15, 0.2) is 0 Å². The van der Waals surface area contributed by atoms with Gasteiger partial charge in [-0.15, -0.1) is 6.58 Å². The van der Waals surface area contributed by atoms with E-state index in [0.717, 1.165) is 0 Å². The van der Waals surface area contributed by atoms with Crippen LogP contribution < -0.4 is 5.73 Å². The average Bonchev–Trinajstić information content (AvgIpc) is 2.24. The molecule has 0 unspecified atom stereocenters. The van der Waals surface area contributed by atoms with Crippen LogP contribution in [-0.2, 0) is 10.0 Å². The Labute approximate surface area is 109 Å². The molecule has 0 aliphatic carbocycles. The van der Waals surface area contributed by atoms with E-state index in [-0.39, 0.29) is 23.2 Å². The number of nitrogens with two attached hydrogens (primary N) is 1. The molecule has 0 saturated heterocycles. The standard InChI is InChI=1S/C13H20N2O2S/c1-5-9-15(10(2)3)18(16,17)13-11(4)7-6-8-12(13)14/h5-8,10H,1,9,14H2,2-4H3. The van der Waals surface area contributed by atoms with Crippen molar-refractivity contribution in [2.45, 2.75) is 31.7 Å². The van der Waals surface area contributed by atoms with Gasteiger partial charge >= 0.3 is 0 Å². The van der Waals surface area contributed by atoms with E-state index >= 15 is 0 Å². The highest BCUT2D eigenvalue weighted by Gasteiger charge is 2.29. The number of rotatable bonds is 5. The van der Waals surface area contributed by atoms with E-state index in [4.69, 9.17) is 5.73 Å². The molecule has 0 fully saturated rings. The van der Waals surface area contributed by atoms with Gasteiger partial charge < -0.3 is 5.73 Å². The lowest BCUT2D eigenvalue weighted by Crippen LogP contribution is -2.37. The number of anilines is 1. The van der Waals surface area contributed by atoms with Crippen LogP contribution in [0, 0.1) is 6.92 Å². The van der Waals surface area contributed by atoms with Gasteiger partial charge in [-0.2, -0.15) is 4.31 Å². The van der Waals surface area contributed by atoms with Gasteiger partial charge in [0.1, 0.15) is 4.90 Å². The minimum atomic E-state index is -3.59.